The van der Waals surface area contributed by atoms with Crippen molar-refractivity contribution in [2.24, 2.45) is 5.73 Å². The highest BCUT2D eigenvalue weighted by molar-refractivity contribution is 7.80. The fourth-order valence-electron chi connectivity index (χ4n) is 2.35. The fourth-order valence-corrected chi connectivity index (χ4v) is 2.48. The second-order valence-corrected chi connectivity index (χ2v) is 4.79. The van der Waals surface area contributed by atoms with Gasteiger partial charge in [0, 0.05) is 32.1 Å². The molecule has 0 aromatic heterocycles. The number of rotatable bonds is 2. The van der Waals surface area contributed by atoms with Crippen molar-refractivity contribution < 1.29 is 9.59 Å². The molecule has 2 rings (SSSR count). The Balaban J connectivity index is 1.94. The highest BCUT2D eigenvalue weighted by Gasteiger charge is 2.36. The van der Waals surface area contributed by atoms with Crippen molar-refractivity contribution in [3.8, 4) is 0 Å². The van der Waals surface area contributed by atoms with Crippen LogP contribution < -0.4 is 5.73 Å². The summed E-state index contributed by atoms with van der Waals surface area (Å²) >= 11 is 4.72. The van der Waals surface area contributed by atoms with Crippen molar-refractivity contribution >= 4 is 29.0 Å². The van der Waals surface area contributed by atoms with Gasteiger partial charge < -0.3 is 15.5 Å². The molecule has 2 aliphatic rings. The van der Waals surface area contributed by atoms with Crippen molar-refractivity contribution in [1.82, 2.24) is 9.80 Å². The number of hydrogen-bond donors (Lipinski definition) is 1. The molecule has 2 aliphatic heterocycles. The predicted molar refractivity (Wildman–Crippen MR) is 62.7 cm³/mol. The largest absolute Gasteiger partial charge is 0.393 e. The van der Waals surface area contributed by atoms with Crippen LogP contribution >= 0.6 is 12.2 Å². The van der Waals surface area contributed by atoms with Crippen molar-refractivity contribution in [3.05, 3.63) is 0 Å². The van der Waals surface area contributed by atoms with Gasteiger partial charge in [-0.3, -0.25) is 9.59 Å². The van der Waals surface area contributed by atoms with E-state index in [1.807, 2.05) is 4.90 Å². The van der Waals surface area contributed by atoms with E-state index in [9.17, 15) is 9.59 Å². The molecule has 0 spiro atoms. The van der Waals surface area contributed by atoms with Crippen LogP contribution in [0, 0.1) is 0 Å². The number of hydrogen-bond acceptors (Lipinski definition) is 3. The average Bonchev–Trinajstić information content (AvgIpc) is 2.59. The average molecular weight is 241 g/mol. The first-order chi connectivity index (χ1) is 7.58. The topological polar surface area (TPSA) is 66.6 Å². The van der Waals surface area contributed by atoms with Crippen LogP contribution in [-0.2, 0) is 9.59 Å². The van der Waals surface area contributed by atoms with E-state index in [0.717, 1.165) is 6.42 Å². The quantitative estimate of drug-likeness (QED) is 0.662. The Bertz CT molecular complexity index is 345. The van der Waals surface area contributed by atoms with Gasteiger partial charge >= 0.3 is 0 Å². The van der Waals surface area contributed by atoms with E-state index in [1.165, 1.54) is 0 Å². The van der Waals surface area contributed by atoms with E-state index in [0.29, 0.717) is 26.1 Å². The van der Waals surface area contributed by atoms with Crippen LogP contribution in [-0.4, -0.2) is 52.3 Å². The maximum absolute atomic E-state index is 11.7. The zero-order chi connectivity index (χ0) is 11.7. The first-order valence-corrected chi connectivity index (χ1v) is 5.84. The Morgan fingerprint density at radius 2 is 2.25 bits per heavy atom. The lowest BCUT2D eigenvalue weighted by Crippen LogP contribution is -2.53. The minimum atomic E-state index is -0.0218. The van der Waals surface area contributed by atoms with Gasteiger partial charge in [-0.2, -0.15) is 0 Å². The third-order valence-electron chi connectivity index (χ3n) is 3.17. The van der Waals surface area contributed by atoms with Gasteiger partial charge in [0.15, 0.2) is 0 Å². The normalized spacial score (nSPS) is 24.5. The molecule has 2 fully saturated rings. The van der Waals surface area contributed by atoms with E-state index >= 15 is 0 Å². The monoisotopic (exact) mass is 241 g/mol. The van der Waals surface area contributed by atoms with E-state index in [2.05, 4.69) is 0 Å². The lowest BCUT2D eigenvalue weighted by molar-refractivity contribution is -0.138. The lowest BCUT2D eigenvalue weighted by atomic mass is 10.1. The molecule has 2 N–H and O–H groups in total. The van der Waals surface area contributed by atoms with Crippen LogP contribution in [0.25, 0.3) is 0 Å². The zero-order valence-corrected chi connectivity index (χ0v) is 9.83. The third kappa shape index (κ3) is 2.16. The molecule has 0 radical (unpaired) electrons. The first-order valence-electron chi connectivity index (χ1n) is 5.43. The molecule has 0 bridgehead atoms. The number of carbonyl (C=O) groups is 2. The maximum Gasteiger partial charge on any atom is 0.229 e. The molecular formula is C10H15N3O2S. The van der Waals surface area contributed by atoms with Crippen molar-refractivity contribution in [2.45, 2.75) is 25.3 Å². The van der Waals surface area contributed by atoms with Gasteiger partial charge in [-0.25, -0.2) is 0 Å². The second kappa shape index (κ2) is 4.37. The third-order valence-corrected chi connectivity index (χ3v) is 3.32. The molecule has 0 aromatic rings. The Kier molecular flexibility index (Phi) is 3.09. The molecule has 0 aromatic carbocycles. The Morgan fingerprint density at radius 1 is 1.50 bits per heavy atom. The number of thiocarbonyl (C=S) groups is 1. The van der Waals surface area contributed by atoms with E-state index in [1.54, 1.807) is 4.90 Å². The van der Waals surface area contributed by atoms with Crippen molar-refractivity contribution in [2.75, 3.05) is 19.6 Å². The molecule has 5 nitrogen and oxygen atoms in total. The van der Waals surface area contributed by atoms with E-state index < -0.39 is 0 Å². The molecule has 0 aliphatic carbocycles. The van der Waals surface area contributed by atoms with Gasteiger partial charge in [-0.1, -0.05) is 12.2 Å². The summed E-state index contributed by atoms with van der Waals surface area (Å²) in [6.45, 7) is 1.88. The highest BCUT2D eigenvalue weighted by atomic mass is 32.1. The predicted octanol–water partition coefficient (Wildman–Crippen LogP) is -0.504. The summed E-state index contributed by atoms with van der Waals surface area (Å²) in [7, 11) is 0. The summed E-state index contributed by atoms with van der Waals surface area (Å²) in [5.74, 6) is 0.193. The van der Waals surface area contributed by atoms with E-state index in [-0.39, 0.29) is 29.3 Å². The minimum Gasteiger partial charge on any atom is -0.393 e. The molecule has 2 heterocycles. The van der Waals surface area contributed by atoms with Gasteiger partial charge in [0.25, 0.3) is 0 Å². The molecular weight excluding hydrogens is 226 g/mol. The summed E-state index contributed by atoms with van der Waals surface area (Å²) < 4.78 is 0. The van der Waals surface area contributed by atoms with Crippen LogP contribution in [0.2, 0.25) is 0 Å². The van der Waals surface area contributed by atoms with E-state index in [4.69, 9.17) is 18.0 Å². The standard InChI is InChI=1S/C10H15N3O2S/c11-8(16)5-10(15)12-3-4-13-7(6-12)1-2-9(13)14/h7H,1-6H2,(H2,11,16). The molecule has 2 saturated heterocycles. The zero-order valence-electron chi connectivity index (χ0n) is 9.02. The number of amides is 2. The number of nitrogens with zero attached hydrogens (tertiary/aromatic N) is 2. The van der Waals surface area contributed by atoms with Gasteiger partial charge in [0.2, 0.25) is 11.8 Å². The molecule has 16 heavy (non-hydrogen) atoms. The number of fused-ring (bicyclic) bond motifs is 1. The maximum atomic E-state index is 11.7. The van der Waals surface area contributed by atoms with Gasteiger partial charge in [0.1, 0.15) is 0 Å². The Hall–Kier alpha value is -1.17. The molecule has 2 amide bonds. The van der Waals surface area contributed by atoms with Gasteiger partial charge in [-0.15, -0.1) is 0 Å². The second-order valence-electron chi connectivity index (χ2n) is 4.26. The first kappa shape index (κ1) is 11.3. The summed E-state index contributed by atoms with van der Waals surface area (Å²) in [4.78, 5) is 27.1. The molecule has 1 atom stereocenters. The van der Waals surface area contributed by atoms with Crippen LogP contribution in [0.4, 0.5) is 0 Å². The summed E-state index contributed by atoms with van der Waals surface area (Å²) in [5, 5.41) is 0. The molecule has 6 heteroatoms. The smallest absolute Gasteiger partial charge is 0.229 e. The van der Waals surface area contributed by atoms with Crippen LogP contribution in [0.3, 0.4) is 0 Å². The van der Waals surface area contributed by atoms with Crippen LogP contribution in [0.15, 0.2) is 0 Å². The highest BCUT2D eigenvalue weighted by Crippen LogP contribution is 2.22. The number of nitrogens with two attached hydrogens (primary N) is 1. The fraction of sp³-hybridized carbons (Fsp3) is 0.700. The van der Waals surface area contributed by atoms with Crippen LogP contribution in [0.1, 0.15) is 19.3 Å². The Morgan fingerprint density at radius 3 is 2.94 bits per heavy atom. The molecule has 88 valence electrons. The van der Waals surface area contributed by atoms with Gasteiger partial charge in [0.05, 0.1) is 11.4 Å². The number of carbonyl (C=O) groups excluding carboxylic acids is 2. The number of piperazine rings is 1. The molecule has 1 unspecified atom stereocenters. The summed E-state index contributed by atoms with van der Waals surface area (Å²) in [6, 6.07) is 0.205. The van der Waals surface area contributed by atoms with Crippen molar-refractivity contribution in [3.63, 3.8) is 0 Å². The van der Waals surface area contributed by atoms with Crippen molar-refractivity contribution in [1.29, 1.82) is 0 Å². The molecule has 0 saturated carbocycles. The summed E-state index contributed by atoms with van der Waals surface area (Å²) in [5.41, 5.74) is 5.35. The summed E-state index contributed by atoms with van der Waals surface area (Å²) in [6.07, 6.45) is 1.60. The lowest BCUT2D eigenvalue weighted by Gasteiger charge is -2.37. The minimum absolute atomic E-state index is 0.0218. The Labute approximate surface area is 99.6 Å². The van der Waals surface area contributed by atoms with Gasteiger partial charge in [-0.05, 0) is 6.42 Å². The van der Waals surface area contributed by atoms with Crippen LogP contribution in [0.5, 0.6) is 0 Å². The SMILES string of the molecule is NC(=S)CC(=O)N1CCN2C(=O)CCC2C1.